The molecule has 2 aromatic rings. The van der Waals surface area contributed by atoms with E-state index in [4.69, 9.17) is 17.3 Å². The first-order valence-corrected chi connectivity index (χ1v) is 5.80. The van der Waals surface area contributed by atoms with Gasteiger partial charge in [-0.05, 0) is 23.3 Å². The van der Waals surface area contributed by atoms with E-state index in [9.17, 15) is 0 Å². The van der Waals surface area contributed by atoms with Crippen molar-refractivity contribution < 1.29 is 0 Å². The summed E-state index contributed by atoms with van der Waals surface area (Å²) in [5.74, 6) is 0.752. The van der Waals surface area contributed by atoms with E-state index in [0.717, 1.165) is 17.9 Å². The molecule has 88 valence electrons. The maximum absolute atomic E-state index is 5.90. The average Bonchev–Trinajstić information content (AvgIpc) is 2.37. The zero-order valence-corrected chi connectivity index (χ0v) is 10.1. The zero-order valence-electron chi connectivity index (χ0n) is 9.36. The van der Waals surface area contributed by atoms with Crippen molar-refractivity contribution in [2.24, 2.45) is 5.73 Å². The van der Waals surface area contributed by atoms with Gasteiger partial charge in [0.05, 0.1) is 0 Å². The molecule has 0 saturated carbocycles. The molecule has 0 aliphatic rings. The standard InChI is InChI=1S/C13H14ClN3/c14-12-6-11(8-15)7-13(17-12)16-9-10-4-2-1-3-5-10/h1-7H,8-9,15H2,(H,16,17). The monoisotopic (exact) mass is 247 g/mol. The van der Waals surface area contributed by atoms with Gasteiger partial charge >= 0.3 is 0 Å². The molecule has 0 fully saturated rings. The summed E-state index contributed by atoms with van der Waals surface area (Å²) < 4.78 is 0. The van der Waals surface area contributed by atoms with Crippen molar-refractivity contribution in [1.82, 2.24) is 4.98 Å². The van der Waals surface area contributed by atoms with E-state index in [1.54, 1.807) is 6.07 Å². The molecule has 0 aliphatic heterocycles. The van der Waals surface area contributed by atoms with Gasteiger partial charge in [0.25, 0.3) is 0 Å². The number of anilines is 1. The van der Waals surface area contributed by atoms with Crippen molar-refractivity contribution in [3.8, 4) is 0 Å². The second-order valence-electron chi connectivity index (χ2n) is 3.73. The molecule has 0 spiro atoms. The number of hydrogen-bond acceptors (Lipinski definition) is 3. The van der Waals surface area contributed by atoms with Gasteiger partial charge in [-0.2, -0.15) is 0 Å². The fourth-order valence-corrected chi connectivity index (χ4v) is 1.78. The van der Waals surface area contributed by atoms with Gasteiger partial charge in [-0.15, -0.1) is 0 Å². The molecule has 1 aromatic carbocycles. The van der Waals surface area contributed by atoms with E-state index < -0.39 is 0 Å². The molecule has 0 atom stereocenters. The van der Waals surface area contributed by atoms with E-state index in [0.29, 0.717) is 11.7 Å². The van der Waals surface area contributed by atoms with Gasteiger partial charge in [-0.3, -0.25) is 0 Å². The van der Waals surface area contributed by atoms with Gasteiger partial charge in [0, 0.05) is 13.1 Å². The lowest BCUT2D eigenvalue weighted by molar-refractivity contribution is 1.04. The number of nitrogens with zero attached hydrogens (tertiary/aromatic N) is 1. The van der Waals surface area contributed by atoms with Crippen LogP contribution in [0.3, 0.4) is 0 Å². The molecule has 0 radical (unpaired) electrons. The lowest BCUT2D eigenvalue weighted by atomic mass is 10.2. The first-order chi connectivity index (χ1) is 8.28. The minimum atomic E-state index is 0.461. The molecule has 17 heavy (non-hydrogen) atoms. The van der Waals surface area contributed by atoms with Crippen LogP contribution in [0.1, 0.15) is 11.1 Å². The molecular weight excluding hydrogens is 234 g/mol. The van der Waals surface area contributed by atoms with E-state index in [1.165, 1.54) is 5.56 Å². The maximum atomic E-state index is 5.90. The summed E-state index contributed by atoms with van der Waals surface area (Å²) in [5, 5.41) is 3.69. The number of pyridine rings is 1. The van der Waals surface area contributed by atoms with Crippen molar-refractivity contribution in [3.63, 3.8) is 0 Å². The molecule has 0 unspecified atom stereocenters. The third-order valence-electron chi connectivity index (χ3n) is 2.41. The summed E-state index contributed by atoms with van der Waals surface area (Å²) in [7, 11) is 0. The van der Waals surface area contributed by atoms with Crippen molar-refractivity contribution in [3.05, 3.63) is 58.7 Å². The fraction of sp³-hybridized carbons (Fsp3) is 0.154. The van der Waals surface area contributed by atoms with Crippen LogP contribution in [0.15, 0.2) is 42.5 Å². The lowest BCUT2D eigenvalue weighted by Crippen LogP contribution is -2.04. The summed E-state index contributed by atoms with van der Waals surface area (Å²) in [4.78, 5) is 4.20. The van der Waals surface area contributed by atoms with Crippen LogP contribution >= 0.6 is 11.6 Å². The second-order valence-corrected chi connectivity index (χ2v) is 4.11. The summed E-state index contributed by atoms with van der Waals surface area (Å²) >= 11 is 5.90. The van der Waals surface area contributed by atoms with Crippen LogP contribution < -0.4 is 11.1 Å². The number of nitrogens with one attached hydrogen (secondary N) is 1. The Labute approximate surface area is 106 Å². The average molecular weight is 248 g/mol. The first kappa shape index (κ1) is 11.9. The van der Waals surface area contributed by atoms with Gasteiger partial charge in [0.15, 0.2) is 0 Å². The predicted molar refractivity (Wildman–Crippen MR) is 70.9 cm³/mol. The number of halogens is 1. The van der Waals surface area contributed by atoms with Gasteiger partial charge in [-0.25, -0.2) is 4.98 Å². The Morgan fingerprint density at radius 1 is 1.12 bits per heavy atom. The Kier molecular flexibility index (Phi) is 3.96. The number of aromatic nitrogens is 1. The minimum Gasteiger partial charge on any atom is -0.366 e. The van der Waals surface area contributed by atoms with Crippen LogP contribution in [0.2, 0.25) is 5.15 Å². The summed E-state index contributed by atoms with van der Waals surface area (Å²) in [6, 6.07) is 13.8. The topological polar surface area (TPSA) is 50.9 Å². The molecule has 0 saturated heterocycles. The molecular formula is C13H14ClN3. The summed E-state index contributed by atoms with van der Waals surface area (Å²) in [6.45, 7) is 1.18. The molecule has 3 nitrogen and oxygen atoms in total. The summed E-state index contributed by atoms with van der Waals surface area (Å²) in [6.07, 6.45) is 0. The fourth-order valence-electron chi connectivity index (χ4n) is 1.55. The van der Waals surface area contributed by atoms with Crippen LogP contribution in [-0.2, 0) is 13.1 Å². The van der Waals surface area contributed by atoms with Crippen molar-refractivity contribution in [2.45, 2.75) is 13.1 Å². The van der Waals surface area contributed by atoms with Gasteiger partial charge in [-0.1, -0.05) is 41.9 Å². The molecule has 3 N–H and O–H groups in total. The number of nitrogens with two attached hydrogens (primary N) is 1. The SMILES string of the molecule is NCc1cc(Cl)nc(NCc2ccccc2)c1. The van der Waals surface area contributed by atoms with E-state index in [1.807, 2.05) is 24.3 Å². The molecule has 4 heteroatoms. The van der Waals surface area contributed by atoms with Crippen LogP contribution in [0.5, 0.6) is 0 Å². The van der Waals surface area contributed by atoms with Crippen molar-refractivity contribution >= 4 is 17.4 Å². The summed E-state index contributed by atoms with van der Waals surface area (Å²) in [5.41, 5.74) is 7.75. The molecule has 2 rings (SSSR count). The highest BCUT2D eigenvalue weighted by atomic mass is 35.5. The highest BCUT2D eigenvalue weighted by Gasteiger charge is 2.00. The van der Waals surface area contributed by atoms with E-state index in [2.05, 4.69) is 22.4 Å². The third kappa shape index (κ3) is 3.44. The molecule has 1 aromatic heterocycles. The Hall–Kier alpha value is -1.58. The third-order valence-corrected chi connectivity index (χ3v) is 2.60. The molecule has 0 amide bonds. The molecule has 0 aliphatic carbocycles. The normalized spacial score (nSPS) is 10.2. The van der Waals surface area contributed by atoms with Crippen LogP contribution in [0.4, 0.5) is 5.82 Å². The number of rotatable bonds is 4. The first-order valence-electron chi connectivity index (χ1n) is 5.42. The Morgan fingerprint density at radius 3 is 2.59 bits per heavy atom. The van der Waals surface area contributed by atoms with Crippen molar-refractivity contribution in [2.75, 3.05) is 5.32 Å². The Balaban J connectivity index is 2.06. The Morgan fingerprint density at radius 2 is 1.88 bits per heavy atom. The Bertz CT molecular complexity index is 485. The van der Waals surface area contributed by atoms with Crippen LogP contribution in [0, 0.1) is 0 Å². The molecule has 0 bridgehead atoms. The highest BCUT2D eigenvalue weighted by molar-refractivity contribution is 6.29. The van der Waals surface area contributed by atoms with E-state index >= 15 is 0 Å². The van der Waals surface area contributed by atoms with E-state index in [-0.39, 0.29) is 0 Å². The predicted octanol–water partition coefficient (Wildman–Crippen LogP) is 2.81. The zero-order chi connectivity index (χ0) is 12.1. The maximum Gasteiger partial charge on any atom is 0.131 e. The second kappa shape index (κ2) is 5.66. The van der Waals surface area contributed by atoms with Crippen LogP contribution in [-0.4, -0.2) is 4.98 Å². The van der Waals surface area contributed by atoms with Gasteiger partial charge in [0.2, 0.25) is 0 Å². The smallest absolute Gasteiger partial charge is 0.131 e. The number of hydrogen-bond donors (Lipinski definition) is 2. The lowest BCUT2D eigenvalue weighted by Gasteiger charge is -2.07. The minimum absolute atomic E-state index is 0.461. The van der Waals surface area contributed by atoms with Crippen molar-refractivity contribution in [1.29, 1.82) is 0 Å². The largest absolute Gasteiger partial charge is 0.366 e. The van der Waals surface area contributed by atoms with Crippen LogP contribution in [0.25, 0.3) is 0 Å². The van der Waals surface area contributed by atoms with Gasteiger partial charge < -0.3 is 11.1 Å². The van der Waals surface area contributed by atoms with Gasteiger partial charge in [0.1, 0.15) is 11.0 Å². The highest BCUT2D eigenvalue weighted by Crippen LogP contribution is 2.14. The quantitative estimate of drug-likeness (QED) is 0.817. The number of benzene rings is 1. The molecule has 1 heterocycles.